The summed E-state index contributed by atoms with van der Waals surface area (Å²) in [5.74, 6) is -2.30. The Balaban J connectivity index is 0.000000237. The molecule has 230 valence electrons. The lowest BCUT2D eigenvalue weighted by molar-refractivity contribution is 0.0158. The van der Waals surface area contributed by atoms with Gasteiger partial charge < -0.3 is 14.5 Å². The Morgan fingerprint density at radius 1 is 0.860 bits per heavy atom. The lowest BCUT2D eigenvalue weighted by Crippen LogP contribution is -2.55. The molecule has 43 heavy (non-hydrogen) atoms. The molecule has 5 rings (SSSR count). The SMILES string of the molecule is Cc1c(Cl)nc2cc(F)cc(F)c2c1Cl.Cc1c(N2CCN(C(=O)OC(C)(C)C)[C@H](C)C2)nc2cc(F)cc(F)c2c1Cl. The van der Waals surface area contributed by atoms with E-state index in [9.17, 15) is 22.4 Å². The van der Waals surface area contributed by atoms with Crippen LogP contribution in [0.25, 0.3) is 21.8 Å². The zero-order valence-electron chi connectivity index (χ0n) is 24.3. The molecule has 2 aromatic carbocycles. The molecule has 1 aliphatic rings. The molecule has 1 amide bonds. The van der Waals surface area contributed by atoms with E-state index >= 15 is 0 Å². The number of amides is 1. The zero-order valence-corrected chi connectivity index (χ0v) is 26.5. The van der Waals surface area contributed by atoms with Crippen LogP contribution >= 0.6 is 34.8 Å². The number of nitrogens with zero attached hydrogens (tertiary/aromatic N) is 4. The molecule has 0 N–H and O–H groups in total. The Kier molecular flexibility index (Phi) is 9.54. The lowest BCUT2D eigenvalue weighted by Gasteiger charge is -2.41. The van der Waals surface area contributed by atoms with E-state index in [0.717, 1.165) is 18.2 Å². The first kappa shape index (κ1) is 32.8. The third-order valence-corrected chi connectivity index (χ3v) is 8.12. The van der Waals surface area contributed by atoms with Gasteiger partial charge in [0.2, 0.25) is 0 Å². The van der Waals surface area contributed by atoms with Gasteiger partial charge >= 0.3 is 6.09 Å². The number of carbonyl (C=O) groups is 1. The largest absolute Gasteiger partial charge is 0.444 e. The van der Waals surface area contributed by atoms with Crippen LogP contribution in [0.5, 0.6) is 0 Å². The van der Waals surface area contributed by atoms with Crippen molar-refractivity contribution in [3.05, 3.63) is 73.9 Å². The van der Waals surface area contributed by atoms with E-state index in [1.165, 1.54) is 6.07 Å². The van der Waals surface area contributed by atoms with Crippen LogP contribution in [-0.2, 0) is 4.74 Å². The molecule has 1 saturated heterocycles. The van der Waals surface area contributed by atoms with Crippen molar-refractivity contribution in [2.75, 3.05) is 24.5 Å². The molecule has 1 fully saturated rings. The van der Waals surface area contributed by atoms with E-state index in [0.29, 0.717) is 36.6 Å². The van der Waals surface area contributed by atoms with Crippen LogP contribution in [0.4, 0.5) is 28.2 Å². The standard InChI is InChI=1S/C20H24ClF2N3O2.C10H5Cl2F2N/c1-11-10-25(6-7-26(11)19(27)28-20(3,4)5)18-12(2)17(21)16-14(23)8-13(22)9-15(16)24-18;1-4-9(11)8-6(14)2-5(13)3-7(8)15-10(4)12/h8-9,11H,6-7,10H2,1-5H3;2-3H,1H3/t11-;/m1./s1. The van der Waals surface area contributed by atoms with Crippen LogP contribution in [0.2, 0.25) is 15.2 Å². The first-order valence-corrected chi connectivity index (χ1v) is 14.4. The number of hydrogen-bond donors (Lipinski definition) is 0. The zero-order chi connectivity index (χ0) is 32.0. The van der Waals surface area contributed by atoms with Crippen molar-refractivity contribution in [1.82, 2.24) is 14.9 Å². The van der Waals surface area contributed by atoms with E-state index in [-0.39, 0.29) is 49.1 Å². The Morgan fingerprint density at radius 2 is 1.37 bits per heavy atom. The second-order valence-electron chi connectivity index (χ2n) is 11.2. The quantitative estimate of drug-likeness (QED) is 0.151. The molecular weight excluding hydrogens is 631 g/mol. The van der Waals surface area contributed by atoms with Gasteiger partial charge in [0.15, 0.2) is 0 Å². The highest BCUT2D eigenvalue weighted by Crippen LogP contribution is 2.35. The van der Waals surface area contributed by atoms with Crippen molar-refractivity contribution >= 4 is 68.5 Å². The number of fused-ring (bicyclic) bond motifs is 2. The number of hydrogen-bond acceptors (Lipinski definition) is 5. The van der Waals surface area contributed by atoms with Crippen LogP contribution in [-0.4, -0.2) is 52.2 Å². The molecule has 3 heterocycles. The first-order valence-electron chi connectivity index (χ1n) is 13.3. The Hall–Kier alpha value is -3.08. The third kappa shape index (κ3) is 7.02. The molecule has 6 nitrogen and oxygen atoms in total. The van der Waals surface area contributed by atoms with Gasteiger partial charge in [0.05, 0.1) is 31.9 Å². The van der Waals surface area contributed by atoms with Crippen molar-refractivity contribution in [3.63, 3.8) is 0 Å². The molecule has 0 spiro atoms. The summed E-state index contributed by atoms with van der Waals surface area (Å²) in [7, 11) is 0. The summed E-state index contributed by atoms with van der Waals surface area (Å²) in [6, 6.07) is 3.71. The van der Waals surface area contributed by atoms with Gasteiger partial charge in [-0.1, -0.05) is 34.8 Å². The van der Waals surface area contributed by atoms with E-state index in [1.54, 1.807) is 18.7 Å². The third-order valence-electron chi connectivity index (χ3n) is 6.81. The fourth-order valence-electron chi connectivity index (χ4n) is 4.73. The van der Waals surface area contributed by atoms with Gasteiger partial charge in [0.25, 0.3) is 0 Å². The average molecular weight is 660 g/mol. The maximum Gasteiger partial charge on any atom is 0.410 e. The fraction of sp³-hybridized carbons (Fsp3) is 0.367. The van der Waals surface area contributed by atoms with Gasteiger partial charge in [0, 0.05) is 61.1 Å². The molecule has 0 unspecified atom stereocenters. The average Bonchev–Trinajstić information content (AvgIpc) is 2.87. The summed E-state index contributed by atoms with van der Waals surface area (Å²) >= 11 is 18.0. The number of ether oxygens (including phenoxy) is 1. The lowest BCUT2D eigenvalue weighted by atomic mass is 10.1. The number of pyridine rings is 2. The van der Waals surface area contributed by atoms with Crippen molar-refractivity contribution < 1.29 is 27.1 Å². The molecule has 0 saturated carbocycles. The number of halogens is 7. The number of rotatable bonds is 1. The van der Waals surface area contributed by atoms with Crippen LogP contribution in [0.15, 0.2) is 24.3 Å². The van der Waals surface area contributed by atoms with Gasteiger partial charge in [-0.15, -0.1) is 0 Å². The van der Waals surface area contributed by atoms with Crippen LogP contribution in [0, 0.1) is 37.1 Å². The maximum absolute atomic E-state index is 14.2. The minimum Gasteiger partial charge on any atom is -0.444 e. The maximum atomic E-state index is 14.2. The van der Waals surface area contributed by atoms with Crippen LogP contribution < -0.4 is 4.90 Å². The Bertz CT molecular complexity index is 1730. The predicted octanol–water partition coefficient (Wildman–Crippen LogP) is 9.05. The van der Waals surface area contributed by atoms with Crippen molar-refractivity contribution in [2.24, 2.45) is 0 Å². The van der Waals surface area contributed by atoms with Crippen molar-refractivity contribution in [2.45, 2.75) is 53.2 Å². The first-order chi connectivity index (χ1) is 20.0. The molecule has 0 bridgehead atoms. The fourth-order valence-corrected chi connectivity index (χ4v) is 5.51. The summed E-state index contributed by atoms with van der Waals surface area (Å²) < 4.78 is 59.6. The molecule has 1 aliphatic heterocycles. The molecular formula is C30H29Cl3F4N4O2. The van der Waals surface area contributed by atoms with Gasteiger partial charge in [-0.2, -0.15) is 0 Å². The van der Waals surface area contributed by atoms with Crippen molar-refractivity contribution in [1.29, 1.82) is 0 Å². The minimum atomic E-state index is -0.734. The molecule has 2 aromatic heterocycles. The number of benzene rings is 2. The monoisotopic (exact) mass is 658 g/mol. The molecule has 1 atom stereocenters. The molecule has 4 aromatic rings. The van der Waals surface area contributed by atoms with Crippen molar-refractivity contribution in [3.8, 4) is 0 Å². The number of carbonyl (C=O) groups excluding carboxylic acids is 1. The highest BCUT2D eigenvalue weighted by molar-refractivity contribution is 6.39. The smallest absolute Gasteiger partial charge is 0.410 e. The summed E-state index contributed by atoms with van der Waals surface area (Å²) in [4.78, 5) is 24.4. The summed E-state index contributed by atoms with van der Waals surface area (Å²) in [6.45, 7) is 12.3. The normalized spacial score (nSPS) is 15.5. The minimum absolute atomic E-state index is 0.0972. The van der Waals surface area contributed by atoms with E-state index in [4.69, 9.17) is 39.5 Å². The Morgan fingerprint density at radius 3 is 1.88 bits per heavy atom. The summed E-state index contributed by atoms with van der Waals surface area (Å²) in [5, 5.41) is 0.754. The van der Waals surface area contributed by atoms with Gasteiger partial charge in [0.1, 0.15) is 39.8 Å². The topological polar surface area (TPSA) is 58.6 Å². The van der Waals surface area contributed by atoms with E-state index in [2.05, 4.69) is 9.97 Å². The highest BCUT2D eigenvalue weighted by Gasteiger charge is 2.32. The number of piperazine rings is 1. The molecule has 0 radical (unpaired) electrons. The molecule has 0 aliphatic carbocycles. The number of aromatic nitrogens is 2. The Labute approximate surface area is 261 Å². The van der Waals surface area contributed by atoms with E-state index < -0.39 is 28.9 Å². The second kappa shape index (κ2) is 12.5. The molecule has 13 heteroatoms. The van der Waals surface area contributed by atoms with Crippen LogP contribution in [0.1, 0.15) is 38.8 Å². The van der Waals surface area contributed by atoms with Gasteiger partial charge in [-0.3, -0.25) is 0 Å². The van der Waals surface area contributed by atoms with Crippen LogP contribution in [0.3, 0.4) is 0 Å². The van der Waals surface area contributed by atoms with E-state index in [1.807, 2.05) is 32.6 Å². The van der Waals surface area contributed by atoms with Gasteiger partial charge in [-0.25, -0.2) is 32.3 Å². The summed E-state index contributed by atoms with van der Waals surface area (Å²) in [5.41, 5.74) is 0.832. The predicted molar refractivity (Wildman–Crippen MR) is 162 cm³/mol. The highest BCUT2D eigenvalue weighted by atomic mass is 35.5. The number of anilines is 1. The summed E-state index contributed by atoms with van der Waals surface area (Å²) in [6.07, 6.45) is -0.356. The van der Waals surface area contributed by atoms with Gasteiger partial charge in [-0.05, 0) is 41.5 Å². The second-order valence-corrected chi connectivity index (χ2v) is 12.4.